The molecule has 96 valence electrons. The smallest absolute Gasteiger partial charge is 0.239 e. The fraction of sp³-hybridized carbons (Fsp3) is 0.385. The van der Waals surface area contributed by atoms with Crippen molar-refractivity contribution in [1.29, 1.82) is 5.26 Å². The average molecular weight is 310 g/mol. The van der Waals surface area contributed by atoms with Crippen LogP contribution in [0.1, 0.15) is 25.8 Å². The first-order chi connectivity index (χ1) is 8.56. The Morgan fingerprint density at radius 1 is 1.56 bits per heavy atom. The van der Waals surface area contributed by atoms with E-state index >= 15 is 0 Å². The number of carbonyl (C=O) groups is 1. The Bertz CT molecular complexity index is 468. The number of halogens is 1. The number of hydrogen-bond acceptors (Lipinski definition) is 3. The maximum atomic E-state index is 11.6. The highest BCUT2D eigenvalue weighted by atomic mass is 79.9. The Hall–Kier alpha value is -1.54. The van der Waals surface area contributed by atoms with E-state index < -0.39 is 0 Å². The second-order valence-electron chi connectivity index (χ2n) is 4.03. The van der Waals surface area contributed by atoms with E-state index in [0.717, 1.165) is 10.9 Å². The predicted octanol–water partition coefficient (Wildman–Crippen LogP) is 2.65. The molecule has 0 aliphatic carbocycles. The van der Waals surface area contributed by atoms with Gasteiger partial charge >= 0.3 is 0 Å². The molecule has 1 aromatic rings. The van der Waals surface area contributed by atoms with Crippen molar-refractivity contribution >= 4 is 27.5 Å². The first-order valence-electron chi connectivity index (χ1n) is 5.79. The molecule has 0 saturated carbocycles. The Labute approximate surface area is 116 Å². The summed E-state index contributed by atoms with van der Waals surface area (Å²) in [6.07, 6.45) is 0.895. The van der Waals surface area contributed by atoms with E-state index in [1.54, 1.807) is 18.2 Å². The summed E-state index contributed by atoms with van der Waals surface area (Å²) in [6.45, 7) is 4.13. The lowest BCUT2D eigenvalue weighted by molar-refractivity contribution is -0.120. The second-order valence-corrected chi connectivity index (χ2v) is 4.95. The minimum absolute atomic E-state index is 0.0757. The van der Waals surface area contributed by atoms with Crippen LogP contribution in [0.2, 0.25) is 0 Å². The van der Waals surface area contributed by atoms with Crippen LogP contribution in [0, 0.1) is 11.3 Å². The van der Waals surface area contributed by atoms with E-state index in [9.17, 15) is 4.79 Å². The largest absolute Gasteiger partial charge is 0.375 e. The van der Waals surface area contributed by atoms with E-state index in [4.69, 9.17) is 5.26 Å². The van der Waals surface area contributed by atoms with Crippen LogP contribution in [0.3, 0.4) is 0 Å². The summed E-state index contributed by atoms with van der Waals surface area (Å²) in [5, 5.41) is 14.8. The third-order valence-corrected chi connectivity index (χ3v) is 3.05. The number of anilines is 1. The van der Waals surface area contributed by atoms with Gasteiger partial charge in [-0.2, -0.15) is 5.26 Å². The van der Waals surface area contributed by atoms with Gasteiger partial charge in [0, 0.05) is 10.5 Å². The van der Waals surface area contributed by atoms with Gasteiger partial charge in [0.25, 0.3) is 0 Å². The van der Waals surface area contributed by atoms with E-state index in [0.29, 0.717) is 11.3 Å². The lowest BCUT2D eigenvalue weighted by Crippen LogP contribution is -2.36. The molecule has 0 heterocycles. The first kappa shape index (κ1) is 14.5. The van der Waals surface area contributed by atoms with Crippen molar-refractivity contribution in [2.45, 2.75) is 26.3 Å². The molecule has 1 unspecified atom stereocenters. The van der Waals surface area contributed by atoms with Crippen LogP contribution in [0.15, 0.2) is 22.7 Å². The minimum atomic E-state index is -0.0757. The van der Waals surface area contributed by atoms with Crippen LogP contribution in [0.4, 0.5) is 5.69 Å². The molecule has 0 fully saturated rings. The number of benzene rings is 1. The highest BCUT2D eigenvalue weighted by Crippen LogP contribution is 2.20. The van der Waals surface area contributed by atoms with Crippen molar-refractivity contribution in [3.8, 4) is 6.07 Å². The molecule has 0 saturated heterocycles. The number of nitrogens with zero attached hydrogens (tertiary/aromatic N) is 1. The third-order valence-electron chi connectivity index (χ3n) is 2.56. The van der Waals surface area contributed by atoms with Gasteiger partial charge in [-0.05, 0) is 31.5 Å². The molecule has 0 spiro atoms. The summed E-state index contributed by atoms with van der Waals surface area (Å²) in [5.41, 5.74) is 1.18. The molecule has 0 aliphatic rings. The van der Waals surface area contributed by atoms with Gasteiger partial charge in [0.2, 0.25) is 5.91 Å². The number of hydrogen-bond donors (Lipinski definition) is 2. The fourth-order valence-corrected chi connectivity index (χ4v) is 1.72. The molecule has 0 aromatic heterocycles. The van der Waals surface area contributed by atoms with Crippen molar-refractivity contribution < 1.29 is 4.79 Å². The molecule has 18 heavy (non-hydrogen) atoms. The molecule has 1 rings (SSSR count). The first-order valence-corrected chi connectivity index (χ1v) is 6.59. The SMILES string of the molecule is CCC(C)NC(=O)CNc1cc(Br)ccc1C#N. The van der Waals surface area contributed by atoms with Gasteiger partial charge < -0.3 is 10.6 Å². The number of rotatable bonds is 5. The van der Waals surface area contributed by atoms with Crippen molar-refractivity contribution in [2.24, 2.45) is 0 Å². The van der Waals surface area contributed by atoms with Crippen molar-refractivity contribution in [1.82, 2.24) is 5.32 Å². The lowest BCUT2D eigenvalue weighted by atomic mass is 10.2. The second kappa shape index (κ2) is 7.02. The number of nitriles is 1. The highest BCUT2D eigenvalue weighted by Gasteiger charge is 2.07. The molecular weight excluding hydrogens is 294 g/mol. The number of nitrogens with one attached hydrogen (secondary N) is 2. The Kier molecular flexibility index (Phi) is 5.66. The standard InChI is InChI=1S/C13H16BrN3O/c1-3-9(2)17-13(18)8-16-12-6-11(14)5-4-10(12)7-15/h4-6,9,16H,3,8H2,1-2H3,(H,17,18). The third kappa shape index (κ3) is 4.38. The zero-order valence-corrected chi connectivity index (χ0v) is 12.0. The van der Waals surface area contributed by atoms with Crippen LogP contribution in [0.5, 0.6) is 0 Å². The number of carbonyl (C=O) groups excluding carboxylic acids is 1. The summed E-state index contributed by atoms with van der Waals surface area (Å²) < 4.78 is 0.867. The van der Waals surface area contributed by atoms with E-state index in [1.165, 1.54) is 0 Å². The summed E-state index contributed by atoms with van der Waals surface area (Å²) in [7, 11) is 0. The lowest BCUT2D eigenvalue weighted by Gasteiger charge is -2.13. The molecule has 2 N–H and O–H groups in total. The normalized spacial score (nSPS) is 11.4. The molecule has 1 amide bonds. The predicted molar refractivity (Wildman–Crippen MR) is 75.2 cm³/mol. The maximum absolute atomic E-state index is 11.6. The van der Waals surface area contributed by atoms with Gasteiger partial charge in [0.1, 0.15) is 6.07 Å². The Morgan fingerprint density at radius 2 is 2.28 bits per heavy atom. The average Bonchev–Trinajstić information content (AvgIpc) is 2.36. The van der Waals surface area contributed by atoms with Gasteiger partial charge in [-0.3, -0.25) is 4.79 Å². The Morgan fingerprint density at radius 3 is 2.89 bits per heavy atom. The van der Waals surface area contributed by atoms with E-state index in [-0.39, 0.29) is 18.5 Å². The zero-order chi connectivity index (χ0) is 13.5. The molecule has 0 aliphatic heterocycles. The van der Waals surface area contributed by atoms with Crippen molar-refractivity contribution in [3.05, 3.63) is 28.2 Å². The van der Waals surface area contributed by atoms with Crippen LogP contribution in [0.25, 0.3) is 0 Å². The van der Waals surface area contributed by atoms with Crippen LogP contribution >= 0.6 is 15.9 Å². The van der Waals surface area contributed by atoms with E-state index in [1.807, 2.05) is 13.8 Å². The van der Waals surface area contributed by atoms with Gasteiger partial charge in [-0.25, -0.2) is 0 Å². The van der Waals surface area contributed by atoms with Crippen LogP contribution < -0.4 is 10.6 Å². The molecule has 1 atom stereocenters. The molecular formula is C13H16BrN3O. The van der Waals surface area contributed by atoms with Crippen LogP contribution in [-0.4, -0.2) is 18.5 Å². The monoisotopic (exact) mass is 309 g/mol. The number of amides is 1. The summed E-state index contributed by atoms with van der Waals surface area (Å²) >= 11 is 3.33. The maximum Gasteiger partial charge on any atom is 0.239 e. The van der Waals surface area contributed by atoms with E-state index in [2.05, 4.69) is 32.6 Å². The minimum Gasteiger partial charge on any atom is -0.375 e. The molecule has 1 aromatic carbocycles. The van der Waals surface area contributed by atoms with Gasteiger partial charge in [-0.1, -0.05) is 22.9 Å². The molecule has 0 bridgehead atoms. The van der Waals surface area contributed by atoms with Crippen molar-refractivity contribution in [2.75, 3.05) is 11.9 Å². The van der Waals surface area contributed by atoms with Gasteiger partial charge in [0.15, 0.2) is 0 Å². The topological polar surface area (TPSA) is 64.9 Å². The van der Waals surface area contributed by atoms with Crippen LogP contribution in [-0.2, 0) is 4.79 Å². The summed E-state index contributed by atoms with van der Waals surface area (Å²) in [5.74, 6) is -0.0757. The van der Waals surface area contributed by atoms with Crippen molar-refractivity contribution in [3.63, 3.8) is 0 Å². The highest BCUT2D eigenvalue weighted by molar-refractivity contribution is 9.10. The van der Waals surface area contributed by atoms with Gasteiger partial charge in [0.05, 0.1) is 17.8 Å². The fourth-order valence-electron chi connectivity index (χ4n) is 1.36. The molecule has 0 radical (unpaired) electrons. The molecule has 5 heteroatoms. The summed E-state index contributed by atoms with van der Waals surface area (Å²) in [6, 6.07) is 7.54. The molecule has 4 nitrogen and oxygen atoms in total. The van der Waals surface area contributed by atoms with Gasteiger partial charge in [-0.15, -0.1) is 0 Å². The Balaban J connectivity index is 2.61. The quantitative estimate of drug-likeness (QED) is 0.879. The zero-order valence-electron chi connectivity index (χ0n) is 10.5. The summed E-state index contributed by atoms with van der Waals surface area (Å²) in [4.78, 5) is 11.6.